The molecule has 2 atom stereocenters. The van der Waals surface area contributed by atoms with Gasteiger partial charge in [-0.25, -0.2) is 0 Å². The molecular weight excluding hydrogens is 318 g/mol. The SMILES string of the molecule is COc1ccc(OCC(C)NC(=O)C(C)Oc2cccc(C)c2)cc1. The van der Waals surface area contributed by atoms with E-state index in [4.69, 9.17) is 14.2 Å². The first-order valence-electron chi connectivity index (χ1n) is 8.28. The molecule has 1 N–H and O–H groups in total. The van der Waals surface area contributed by atoms with Gasteiger partial charge in [0, 0.05) is 0 Å². The molecule has 2 rings (SSSR count). The van der Waals surface area contributed by atoms with Gasteiger partial charge in [0.25, 0.3) is 5.91 Å². The van der Waals surface area contributed by atoms with Crippen molar-refractivity contribution in [2.75, 3.05) is 13.7 Å². The van der Waals surface area contributed by atoms with Crippen LogP contribution in [0.4, 0.5) is 0 Å². The lowest BCUT2D eigenvalue weighted by Gasteiger charge is -2.19. The van der Waals surface area contributed by atoms with Crippen molar-refractivity contribution in [2.24, 2.45) is 0 Å². The molecule has 2 aromatic carbocycles. The van der Waals surface area contributed by atoms with Crippen LogP contribution in [0.1, 0.15) is 19.4 Å². The predicted octanol–water partition coefficient (Wildman–Crippen LogP) is 3.35. The summed E-state index contributed by atoms with van der Waals surface area (Å²) in [6.07, 6.45) is -0.578. The summed E-state index contributed by atoms with van der Waals surface area (Å²) < 4.78 is 16.5. The standard InChI is InChI=1S/C20H25NO4/c1-14-6-5-7-19(12-14)25-16(3)20(22)21-15(2)13-24-18-10-8-17(23-4)9-11-18/h5-12,15-16H,13H2,1-4H3,(H,21,22). The molecule has 0 radical (unpaired) electrons. The van der Waals surface area contributed by atoms with Gasteiger partial charge in [-0.15, -0.1) is 0 Å². The Balaban J connectivity index is 1.78. The molecule has 1 amide bonds. The number of benzene rings is 2. The zero-order valence-electron chi connectivity index (χ0n) is 15.1. The van der Waals surface area contributed by atoms with Crippen LogP contribution in [-0.2, 0) is 4.79 Å². The molecule has 0 aliphatic carbocycles. The van der Waals surface area contributed by atoms with E-state index in [-0.39, 0.29) is 11.9 Å². The Labute approximate surface area is 148 Å². The lowest BCUT2D eigenvalue weighted by molar-refractivity contribution is -0.128. The summed E-state index contributed by atoms with van der Waals surface area (Å²) >= 11 is 0. The van der Waals surface area contributed by atoms with Gasteiger partial charge in [-0.05, 0) is 62.7 Å². The van der Waals surface area contributed by atoms with Gasteiger partial charge in [0.15, 0.2) is 6.10 Å². The highest BCUT2D eigenvalue weighted by Crippen LogP contribution is 2.17. The molecule has 0 aliphatic heterocycles. The molecule has 0 aliphatic rings. The number of carbonyl (C=O) groups is 1. The average Bonchev–Trinajstić information content (AvgIpc) is 2.60. The van der Waals surface area contributed by atoms with Gasteiger partial charge in [0.2, 0.25) is 0 Å². The number of ether oxygens (including phenoxy) is 3. The van der Waals surface area contributed by atoms with Gasteiger partial charge in [0.1, 0.15) is 23.9 Å². The fraction of sp³-hybridized carbons (Fsp3) is 0.350. The number of methoxy groups -OCH3 is 1. The smallest absolute Gasteiger partial charge is 0.261 e. The third-order valence-electron chi connectivity index (χ3n) is 3.62. The van der Waals surface area contributed by atoms with E-state index in [1.54, 1.807) is 14.0 Å². The van der Waals surface area contributed by atoms with E-state index >= 15 is 0 Å². The third-order valence-corrected chi connectivity index (χ3v) is 3.62. The Morgan fingerprint density at radius 2 is 1.72 bits per heavy atom. The van der Waals surface area contributed by atoms with E-state index in [9.17, 15) is 4.79 Å². The molecule has 0 saturated carbocycles. The second-order valence-electron chi connectivity index (χ2n) is 5.97. The molecule has 0 heterocycles. The maximum Gasteiger partial charge on any atom is 0.261 e. The van der Waals surface area contributed by atoms with Crippen LogP contribution in [0.5, 0.6) is 17.2 Å². The molecule has 0 fully saturated rings. The number of carbonyl (C=O) groups excluding carboxylic acids is 1. The molecular formula is C20H25NO4. The zero-order chi connectivity index (χ0) is 18.2. The Kier molecular flexibility index (Phi) is 6.69. The van der Waals surface area contributed by atoms with Crippen molar-refractivity contribution < 1.29 is 19.0 Å². The lowest BCUT2D eigenvalue weighted by atomic mass is 10.2. The molecule has 0 saturated heterocycles. The molecule has 5 heteroatoms. The summed E-state index contributed by atoms with van der Waals surface area (Å²) in [6, 6.07) is 14.8. The maximum atomic E-state index is 12.2. The zero-order valence-corrected chi connectivity index (χ0v) is 15.1. The van der Waals surface area contributed by atoms with E-state index < -0.39 is 6.10 Å². The summed E-state index contributed by atoms with van der Waals surface area (Å²) in [6.45, 7) is 5.97. The van der Waals surface area contributed by atoms with E-state index in [2.05, 4.69) is 5.32 Å². The second-order valence-corrected chi connectivity index (χ2v) is 5.97. The highest BCUT2D eigenvalue weighted by molar-refractivity contribution is 5.81. The van der Waals surface area contributed by atoms with Crippen LogP contribution in [0.25, 0.3) is 0 Å². The minimum absolute atomic E-state index is 0.141. The Hall–Kier alpha value is -2.69. The van der Waals surface area contributed by atoms with Crippen molar-refractivity contribution in [3.05, 3.63) is 54.1 Å². The molecule has 2 unspecified atom stereocenters. The second kappa shape index (κ2) is 8.97. The van der Waals surface area contributed by atoms with Gasteiger partial charge in [-0.2, -0.15) is 0 Å². The summed E-state index contributed by atoms with van der Waals surface area (Å²) in [4.78, 5) is 12.2. The lowest BCUT2D eigenvalue weighted by Crippen LogP contribution is -2.43. The summed E-state index contributed by atoms with van der Waals surface area (Å²) in [5.41, 5.74) is 1.09. The first-order valence-corrected chi connectivity index (χ1v) is 8.28. The highest BCUT2D eigenvalue weighted by Gasteiger charge is 2.17. The van der Waals surface area contributed by atoms with E-state index in [1.165, 1.54) is 0 Å². The third kappa shape index (κ3) is 6.03. The van der Waals surface area contributed by atoms with Gasteiger partial charge in [-0.1, -0.05) is 12.1 Å². The number of hydrogen-bond acceptors (Lipinski definition) is 4. The van der Waals surface area contributed by atoms with Gasteiger partial charge in [-0.3, -0.25) is 4.79 Å². The van der Waals surface area contributed by atoms with Crippen molar-refractivity contribution in [3.8, 4) is 17.2 Å². The number of amides is 1. The van der Waals surface area contributed by atoms with Gasteiger partial charge in [0.05, 0.1) is 13.2 Å². The van der Waals surface area contributed by atoms with Crippen LogP contribution in [0.2, 0.25) is 0 Å². The Morgan fingerprint density at radius 3 is 2.36 bits per heavy atom. The largest absolute Gasteiger partial charge is 0.497 e. The minimum atomic E-state index is -0.578. The molecule has 25 heavy (non-hydrogen) atoms. The predicted molar refractivity (Wildman–Crippen MR) is 97.4 cm³/mol. The van der Waals surface area contributed by atoms with Gasteiger partial charge >= 0.3 is 0 Å². The van der Waals surface area contributed by atoms with E-state index in [0.29, 0.717) is 12.4 Å². The molecule has 134 valence electrons. The molecule has 0 spiro atoms. The summed E-state index contributed by atoms with van der Waals surface area (Å²) in [5.74, 6) is 2.01. The van der Waals surface area contributed by atoms with E-state index in [0.717, 1.165) is 17.1 Å². The van der Waals surface area contributed by atoms with Crippen LogP contribution >= 0.6 is 0 Å². The van der Waals surface area contributed by atoms with Crippen molar-refractivity contribution >= 4 is 5.91 Å². The Bertz CT molecular complexity index is 684. The van der Waals surface area contributed by atoms with Crippen LogP contribution in [0, 0.1) is 6.92 Å². The summed E-state index contributed by atoms with van der Waals surface area (Å²) in [5, 5.41) is 2.89. The molecule has 5 nitrogen and oxygen atoms in total. The summed E-state index contributed by atoms with van der Waals surface area (Å²) in [7, 11) is 1.62. The van der Waals surface area contributed by atoms with Crippen molar-refractivity contribution in [1.82, 2.24) is 5.32 Å². The van der Waals surface area contributed by atoms with Crippen molar-refractivity contribution in [3.63, 3.8) is 0 Å². The topological polar surface area (TPSA) is 56.8 Å². The van der Waals surface area contributed by atoms with Crippen LogP contribution in [0.15, 0.2) is 48.5 Å². The number of nitrogens with one attached hydrogen (secondary N) is 1. The van der Waals surface area contributed by atoms with Gasteiger partial charge < -0.3 is 19.5 Å². The molecule has 0 bridgehead atoms. The minimum Gasteiger partial charge on any atom is -0.497 e. The monoisotopic (exact) mass is 343 g/mol. The fourth-order valence-electron chi connectivity index (χ4n) is 2.24. The maximum absolute atomic E-state index is 12.2. The normalized spacial score (nSPS) is 12.8. The first-order chi connectivity index (χ1) is 12.0. The van der Waals surface area contributed by atoms with Crippen molar-refractivity contribution in [2.45, 2.75) is 32.9 Å². The number of rotatable bonds is 8. The highest BCUT2D eigenvalue weighted by atomic mass is 16.5. The quantitative estimate of drug-likeness (QED) is 0.798. The van der Waals surface area contributed by atoms with Crippen LogP contribution in [0.3, 0.4) is 0 Å². The first kappa shape index (κ1) is 18.6. The van der Waals surface area contributed by atoms with E-state index in [1.807, 2.05) is 62.4 Å². The molecule has 2 aromatic rings. The van der Waals surface area contributed by atoms with Crippen LogP contribution < -0.4 is 19.5 Å². The number of hydrogen-bond donors (Lipinski definition) is 1. The molecule has 0 aromatic heterocycles. The number of aryl methyl sites for hydroxylation is 1. The van der Waals surface area contributed by atoms with Crippen molar-refractivity contribution in [1.29, 1.82) is 0 Å². The van der Waals surface area contributed by atoms with Crippen LogP contribution in [-0.4, -0.2) is 31.8 Å². The Morgan fingerprint density at radius 1 is 1.04 bits per heavy atom. The average molecular weight is 343 g/mol. The fourth-order valence-corrected chi connectivity index (χ4v) is 2.24.